The average Bonchev–Trinajstić information content (AvgIpc) is 2.38. The van der Waals surface area contributed by atoms with Gasteiger partial charge < -0.3 is 16.0 Å². The second-order valence-electron chi connectivity index (χ2n) is 4.25. The summed E-state index contributed by atoms with van der Waals surface area (Å²) < 4.78 is 0. The number of rotatable bonds is 4. The highest BCUT2D eigenvalue weighted by Crippen LogP contribution is 2.31. The van der Waals surface area contributed by atoms with Crippen LogP contribution in [-0.2, 0) is 0 Å². The predicted octanol–water partition coefficient (Wildman–Crippen LogP) is 1.78. The van der Waals surface area contributed by atoms with Gasteiger partial charge in [0.25, 0.3) is 0 Å². The Balaban J connectivity index is 2.51. The van der Waals surface area contributed by atoms with Gasteiger partial charge in [0.2, 0.25) is 17.6 Å². The maximum atomic E-state index is 11.1. The van der Waals surface area contributed by atoms with Crippen LogP contribution in [0.15, 0.2) is 30.3 Å². The van der Waals surface area contributed by atoms with Gasteiger partial charge in [-0.25, -0.2) is 0 Å². The van der Waals surface area contributed by atoms with Gasteiger partial charge in [0, 0.05) is 19.8 Å². The molecule has 1 aromatic carbocycles. The third-order valence-corrected chi connectivity index (χ3v) is 2.52. The number of nitro groups is 1. The molecule has 0 unspecified atom stereocenters. The van der Waals surface area contributed by atoms with Crippen molar-refractivity contribution in [1.29, 1.82) is 0 Å². The topological polar surface area (TPSA) is 110 Å². The van der Waals surface area contributed by atoms with Crippen molar-refractivity contribution in [3.8, 4) is 0 Å². The van der Waals surface area contributed by atoms with Crippen LogP contribution in [0, 0.1) is 10.1 Å². The number of benzene rings is 1. The van der Waals surface area contributed by atoms with E-state index in [2.05, 4.69) is 15.3 Å². The van der Waals surface area contributed by atoms with E-state index in [1.165, 1.54) is 0 Å². The number of hydrogen-bond acceptors (Lipinski definition) is 7. The SMILES string of the molecule is CN(C)c1nc(N)c([N+](=O)[O-])c(Nc2ccccc2)n1. The van der Waals surface area contributed by atoms with Gasteiger partial charge in [-0.15, -0.1) is 0 Å². The van der Waals surface area contributed by atoms with Gasteiger partial charge >= 0.3 is 5.69 Å². The van der Waals surface area contributed by atoms with Crippen molar-refractivity contribution in [3.63, 3.8) is 0 Å². The summed E-state index contributed by atoms with van der Waals surface area (Å²) in [6.45, 7) is 0. The number of nitrogen functional groups attached to an aromatic ring is 1. The van der Waals surface area contributed by atoms with Gasteiger partial charge in [0.15, 0.2) is 0 Å². The van der Waals surface area contributed by atoms with Crippen molar-refractivity contribution in [2.75, 3.05) is 30.0 Å². The maximum absolute atomic E-state index is 11.1. The standard InChI is InChI=1S/C12H14N6O2/c1-17(2)12-15-10(13)9(18(19)20)11(16-12)14-8-6-4-3-5-7-8/h3-7H,1-2H3,(H3,13,14,15,16). The Morgan fingerprint density at radius 1 is 1.25 bits per heavy atom. The molecule has 8 heteroatoms. The summed E-state index contributed by atoms with van der Waals surface area (Å²) in [5.74, 6) is 0.191. The zero-order valence-electron chi connectivity index (χ0n) is 11.1. The summed E-state index contributed by atoms with van der Waals surface area (Å²) >= 11 is 0. The summed E-state index contributed by atoms with van der Waals surface area (Å²) in [5, 5.41) is 14.0. The molecule has 3 N–H and O–H groups in total. The van der Waals surface area contributed by atoms with Crippen LogP contribution in [0.3, 0.4) is 0 Å². The minimum absolute atomic E-state index is 0.0670. The van der Waals surface area contributed by atoms with Gasteiger partial charge in [-0.2, -0.15) is 9.97 Å². The van der Waals surface area contributed by atoms with Crippen molar-refractivity contribution in [2.45, 2.75) is 0 Å². The zero-order valence-corrected chi connectivity index (χ0v) is 11.1. The Hall–Kier alpha value is -2.90. The molecular formula is C12H14N6O2. The molecule has 0 saturated carbocycles. The Morgan fingerprint density at radius 3 is 2.45 bits per heavy atom. The fraction of sp³-hybridized carbons (Fsp3) is 0.167. The van der Waals surface area contributed by atoms with E-state index in [1.54, 1.807) is 31.1 Å². The minimum atomic E-state index is -0.597. The predicted molar refractivity (Wildman–Crippen MR) is 77.2 cm³/mol. The van der Waals surface area contributed by atoms with E-state index in [1.807, 2.05) is 18.2 Å². The molecule has 0 aliphatic rings. The molecule has 2 aromatic rings. The fourth-order valence-corrected chi connectivity index (χ4v) is 1.59. The molecule has 0 bridgehead atoms. The summed E-state index contributed by atoms with van der Waals surface area (Å²) in [7, 11) is 3.46. The van der Waals surface area contributed by atoms with Crippen molar-refractivity contribution in [2.24, 2.45) is 0 Å². The van der Waals surface area contributed by atoms with Crippen LogP contribution in [-0.4, -0.2) is 29.0 Å². The molecule has 0 atom stereocenters. The van der Waals surface area contributed by atoms with E-state index in [9.17, 15) is 10.1 Å². The Kier molecular flexibility index (Phi) is 3.65. The quantitative estimate of drug-likeness (QED) is 0.645. The highest BCUT2D eigenvalue weighted by atomic mass is 16.6. The maximum Gasteiger partial charge on any atom is 0.353 e. The molecule has 0 saturated heterocycles. The highest BCUT2D eigenvalue weighted by molar-refractivity contribution is 5.74. The van der Waals surface area contributed by atoms with Gasteiger partial charge in [0.1, 0.15) is 0 Å². The minimum Gasteiger partial charge on any atom is -0.378 e. The second kappa shape index (κ2) is 5.39. The van der Waals surface area contributed by atoms with Crippen LogP contribution in [0.2, 0.25) is 0 Å². The molecule has 0 aliphatic heterocycles. The first kappa shape index (κ1) is 13.5. The first-order chi connectivity index (χ1) is 9.49. The van der Waals surface area contributed by atoms with E-state index in [4.69, 9.17) is 5.73 Å². The molecule has 104 valence electrons. The second-order valence-corrected chi connectivity index (χ2v) is 4.25. The van der Waals surface area contributed by atoms with Gasteiger partial charge in [-0.05, 0) is 12.1 Å². The third kappa shape index (κ3) is 2.74. The number of para-hydroxylation sites is 1. The number of anilines is 4. The molecule has 2 rings (SSSR count). The largest absolute Gasteiger partial charge is 0.378 e. The van der Waals surface area contributed by atoms with Crippen molar-refractivity contribution < 1.29 is 4.92 Å². The number of nitrogens with zero attached hydrogens (tertiary/aromatic N) is 4. The van der Waals surface area contributed by atoms with Crippen LogP contribution >= 0.6 is 0 Å². The van der Waals surface area contributed by atoms with Gasteiger partial charge in [0.05, 0.1) is 4.92 Å². The van der Waals surface area contributed by atoms with E-state index < -0.39 is 4.92 Å². The molecule has 0 amide bonds. The van der Waals surface area contributed by atoms with Crippen molar-refractivity contribution in [1.82, 2.24) is 9.97 Å². The molecule has 0 aliphatic carbocycles. The van der Waals surface area contributed by atoms with Crippen LogP contribution < -0.4 is 16.0 Å². The van der Waals surface area contributed by atoms with Gasteiger partial charge in [-0.1, -0.05) is 18.2 Å². The molecule has 1 heterocycles. The zero-order chi connectivity index (χ0) is 14.7. The number of hydrogen-bond donors (Lipinski definition) is 2. The summed E-state index contributed by atoms with van der Waals surface area (Å²) in [5.41, 5.74) is 6.00. The lowest BCUT2D eigenvalue weighted by atomic mass is 10.3. The molecule has 0 spiro atoms. The lowest BCUT2D eigenvalue weighted by molar-refractivity contribution is -0.383. The fourth-order valence-electron chi connectivity index (χ4n) is 1.59. The summed E-state index contributed by atoms with van der Waals surface area (Å²) in [4.78, 5) is 20.2. The number of nitrogens with two attached hydrogens (primary N) is 1. The average molecular weight is 274 g/mol. The monoisotopic (exact) mass is 274 g/mol. The van der Waals surface area contributed by atoms with Crippen molar-refractivity contribution in [3.05, 3.63) is 40.4 Å². The molecule has 0 fully saturated rings. The third-order valence-electron chi connectivity index (χ3n) is 2.52. The van der Waals surface area contributed by atoms with E-state index in [0.29, 0.717) is 11.6 Å². The molecule has 20 heavy (non-hydrogen) atoms. The van der Waals surface area contributed by atoms with Crippen LogP contribution in [0.1, 0.15) is 0 Å². The van der Waals surface area contributed by atoms with E-state index in [0.717, 1.165) is 0 Å². The Morgan fingerprint density at radius 2 is 1.90 bits per heavy atom. The van der Waals surface area contributed by atoms with Crippen LogP contribution in [0.25, 0.3) is 0 Å². The van der Waals surface area contributed by atoms with Gasteiger partial charge in [-0.3, -0.25) is 10.1 Å². The summed E-state index contributed by atoms with van der Waals surface area (Å²) in [6, 6.07) is 9.02. The first-order valence-corrected chi connectivity index (χ1v) is 5.80. The number of aromatic nitrogens is 2. The molecular weight excluding hydrogens is 260 g/mol. The molecule has 1 aromatic heterocycles. The normalized spacial score (nSPS) is 10.1. The lowest BCUT2D eigenvalue weighted by Crippen LogP contribution is -2.16. The Bertz CT molecular complexity index is 629. The highest BCUT2D eigenvalue weighted by Gasteiger charge is 2.23. The molecule has 0 radical (unpaired) electrons. The van der Waals surface area contributed by atoms with Crippen molar-refractivity contribution >= 4 is 29.0 Å². The number of nitrogens with one attached hydrogen (secondary N) is 1. The van der Waals surface area contributed by atoms with Crippen LogP contribution in [0.4, 0.5) is 29.0 Å². The van der Waals surface area contributed by atoms with Crippen LogP contribution in [0.5, 0.6) is 0 Å². The Labute approximate surface area is 115 Å². The lowest BCUT2D eigenvalue weighted by Gasteiger charge is -2.13. The summed E-state index contributed by atoms with van der Waals surface area (Å²) in [6.07, 6.45) is 0. The molecule has 8 nitrogen and oxygen atoms in total. The smallest absolute Gasteiger partial charge is 0.353 e. The van der Waals surface area contributed by atoms with E-state index in [-0.39, 0.29) is 17.3 Å². The first-order valence-electron chi connectivity index (χ1n) is 5.80. The van der Waals surface area contributed by atoms with E-state index >= 15 is 0 Å².